The van der Waals surface area contributed by atoms with E-state index in [2.05, 4.69) is 52.1 Å². The maximum absolute atomic E-state index is 8.12. The van der Waals surface area contributed by atoms with Crippen molar-refractivity contribution in [2.24, 2.45) is 4.99 Å². The lowest BCUT2D eigenvalue weighted by Gasteiger charge is -2.19. The molecule has 0 unspecified atom stereocenters. The van der Waals surface area contributed by atoms with Crippen molar-refractivity contribution in [1.82, 2.24) is 14.8 Å². The summed E-state index contributed by atoms with van der Waals surface area (Å²) in [6.45, 7) is 8.00. The molecule has 2 aromatic heterocycles. The third kappa shape index (κ3) is 4.93. The van der Waals surface area contributed by atoms with Crippen molar-refractivity contribution < 1.29 is 4.74 Å². The molecule has 0 saturated carbocycles. The van der Waals surface area contributed by atoms with Crippen LogP contribution in [0.2, 0.25) is 0 Å². The molecule has 9 heteroatoms. The van der Waals surface area contributed by atoms with Crippen LogP contribution in [-0.2, 0) is 11.3 Å². The van der Waals surface area contributed by atoms with Crippen LogP contribution < -0.4 is 5.32 Å². The molecule has 7 nitrogen and oxygen atoms in total. The number of halogens is 1. The minimum atomic E-state index is -0.163. The van der Waals surface area contributed by atoms with Gasteiger partial charge in [-0.2, -0.15) is 0 Å². The Kier molecular flexibility index (Phi) is 7.10. The number of hydrogen-bond acceptors (Lipinski definition) is 7. The number of allylic oxidation sites excluding steroid dienone is 6. The van der Waals surface area contributed by atoms with Gasteiger partial charge in [0.1, 0.15) is 16.9 Å². The third-order valence-electron chi connectivity index (χ3n) is 7.53. The van der Waals surface area contributed by atoms with Gasteiger partial charge in [0.2, 0.25) is 0 Å². The number of anilines is 1. The van der Waals surface area contributed by atoms with Gasteiger partial charge in [0.25, 0.3) is 0 Å². The van der Waals surface area contributed by atoms with Crippen LogP contribution in [0.4, 0.5) is 5.69 Å². The summed E-state index contributed by atoms with van der Waals surface area (Å²) in [4.78, 5) is 6.70. The Morgan fingerprint density at radius 1 is 1.18 bits per heavy atom. The van der Waals surface area contributed by atoms with E-state index < -0.39 is 0 Å². The van der Waals surface area contributed by atoms with E-state index in [1.54, 1.807) is 11.3 Å². The minimum Gasteiger partial charge on any atom is -0.385 e. The van der Waals surface area contributed by atoms with Gasteiger partial charge >= 0.3 is 0 Å². The molecule has 200 valence electrons. The zero-order chi connectivity index (χ0) is 27.1. The molecule has 0 fully saturated rings. The highest BCUT2D eigenvalue weighted by Gasteiger charge is 2.31. The summed E-state index contributed by atoms with van der Waals surface area (Å²) in [5.74, 6) is 1.75. The molecule has 0 amide bonds. The lowest BCUT2D eigenvalue weighted by atomic mass is 9.95. The fourth-order valence-electron chi connectivity index (χ4n) is 5.37. The average Bonchev–Trinajstić information content (AvgIpc) is 3.38. The second-order valence-electron chi connectivity index (χ2n) is 10.1. The number of benzene rings is 1. The van der Waals surface area contributed by atoms with Crippen LogP contribution in [0.15, 0.2) is 58.1 Å². The Labute approximate surface area is 237 Å². The van der Waals surface area contributed by atoms with Crippen LogP contribution in [0.1, 0.15) is 64.1 Å². The largest absolute Gasteiger partial charge is 0.385 e. The number of rotatable bonds is 5. The predicted octanol–water partition coefficient (Wildman–Crippen LogP) is 6.90. The first-order chi connectivity index (χ1) is 18.9. The highest BCUT2D eigenvalue weighted by Crippen LogP contribution is 2.40. The van der Waals surface area contributed by atoms with Gasteiger partial charge in [-0.15, -0.1) is 21.5 Å². The van der Waals surface area contributed by atoms with E-state index in [4.69, 9.17) is 26.7 Å². The van der Waals surface area contributed by atoms with Crippen molar-refractivity contribution in [1.29, 1.82) is 5.41 Å². The number of aryl methyl sites for hydroxylation is 2. The molecular formula is C30H31ClN6OS. The summed E-state index contributed by atoms with van der Waals surface area (Å²) in [7, 11) is 0. The summed E-state index contributed by atoms with van der Waals surface area (Å²) in [5.41, 5.74) is 8.22. The van der Waals surface area contributed by atoms with Crippen LogP contribution in [0.25, 0.3) is 5.00 Å². The molecule has 0 bridgehead atoms. The fourth-order valence-corrected chi connectivity index (χ4v) is 6.73. The van der Waals surface area contributed by atoms with E-state index in [1.165, 1.54) is 21.6 Å². The molecule has 0 spiro atoms. The molecule has 4 heterocycles. The SMILES string of the molecule is Cc1sc2c(c1C)C(/C1=C/C=C(/Cl)C=CCC1)=N[C@@H](CCNc1ccc3c(c1)COCC3=N)c1nnc(C)n1-2. The molecule has 1 atom stereocenters. The van der Waals surface area contributed by atoms with E-state index >= 15 is 0 Å². The standard InChI is InChI=1S/C30H31ClN6OS/c1-17-18(2)39-30-27(17)28(20-6-4-5-7-22(31)9-8-20)34-26(29-36-35-19(3)37(29)30)12-13-33-23-10-11-24-21(14-23)15-38-16-25(24)32/h5,7-11,14,26,32-33H,4,6,12-13,15-16H2,1-3H3/b7-5?,20-8+,22-9+,32-25?/t26-/m0/s1. The van der Waals surface area contributed by atoms with E-state index in [9.17, 15) is 0 Å². The van der Waals surface area contributed by atoms with E-state index in [0.29, 0.717) is 25.5 Å². The molecule has 3 aliphatic rings. The van der Waals surface area contributed by atoms with Gasteiger partial charge in [-0.1, -0.05) is 29.8 Å². The summed E-state index contributed by atoms with van der Waals surface area (Å²) in [6, 6.07) is 5.98. The summed E-state index contributed by atoms with van der Waals surface area (Å²) >= 11 is 8.17. The first-order valence-electron chi connectivity index (χ1n) is 13.3. The highest BCUT2D eigenvalue weighted by atomic mass is 35.5. The van der Waals surface area contributed by atoms with Gasteiger partial charge in [-0.3, -0.25) is 9.56 Å². The quantitative estimate of drug-likeness (QED) is 0.356. The molecule has 6 rings (SSSR count). The molecule has 39 heavy (non-hydrogen) atoms. The second kappa shape index (κ2) is 10.7. The summed E-state index contributed by atoms with van der Waals surface area (Å²) in [6.07, 6.45) is 10.7. The van der Waals surface area contributed by atoms with Crippen molar-refractivity contribution in [2.45, 2.75) is 52.7 Å². The van der Waals surface area contributed by atoms with Gasteiger partial charge in [-0.05, 0) is 81.0 Å². The van der Waals surface area contributed by atoms with Crippen LogP contribution >= 0.6 is 22.9 Å². The topological polar surface area (TPSA) is 88.2 Å². The van der Waals surface area contributed by atoms with E-state index in [1.807, 2.05) is 31.2 Å². The van der Waals surface area contributed by atoms with Crippen LogP contribution in [0, 0.1) is 26.2 Å². The van der Waals surface area contributed by atoms with Crippen molar-refractivity contribution >= 4 is 40.0 Å². The van der Waals surface area contributed by atoms with Crippen molar-refractivity contribution in [3.8, 4) is 5.00 Å². The Balaban J connectivity index is 1.36. The summed E-state index contributed by atoms with van der Waals surface area (Å²) in [5, 5.41) is 22.7. The second-order valence-corrected chi connectivity index (χ2v) is 11.8. The molecule has 1 aliphatic carbocycles. The molecule has 2 N–H and O–H groups in total. The van der Waals surface area contributed by atoms with Gasteiger partial charge in [0, 0.05) is 33.3 Å². The predicted molar refractivity (Wildman–Crippen MR) is 159 cm³/mol. The highest BCUT2D eigenvalue weighted by molar-refractivity contribution is 7.15. The van der Waals surface area contributed by atoms with Crippen LogP contribution in [-0.4, -0.2) is 39.3 Å². The molecule has 0 saturated heterocycles. The first kappa shape index (κ1) is 25.9. The Bertz CT molecular complexity index is 1590. The first-order valence-corrected chi connectivity index (χ1v) is 14.5. The Hall–Kier alpha value is -3.33. The fraction of sp³-hybridized carbons (Fsp3) is 0.333. The minimum absolute atomic E-state index is 0.163. The lowest BCUT2D eigenvalue weighted by molar-refractivity contribution is 0.152. The van der Waals surface area contributed by atoms with Gasteiger partial charge in [-0.25, -0.2) is 0 Å². The number of aliphatic imine (C=N–C) groups is 1. The smallest absolute Gasteiger partial charge is 0.163 e. The molecular weight excluding hydrogens is 528 g/mol. The normalized spacial score (nSPS) is 21.3. The summed E-state index contributed by atoms with van der Waals surface area (Å²) < 4.78 is 7.75. The van der Waals surface area contributed by atoms with Crippen molar-refractivity contribution in [2.75, 3.05) is 18.5 Å². The molecule has 0 radical (unpaired) electrons. The van der Waals surface area contributed by atoms with Crippen LogP contribution in [0.3, 0.4) is 0 Å². The van der Waals surface area contributed by atoms with Crippen LogP contribution in [0.5, 0.6) is 0 Å². The molecule has 1 aromatic carbocycles. The zero-order valence-electron chi connectivity index (χ0n) is 22.3. The maximum atomic E-state index is 8.12. The van der Waals surface area contributed by atoms with Gasteiger partial charge in [0.05, 0.1) is 24.6 Å². The zero-order valence-corrected chi connectivity index (χ0v) is 23.9. The number of ether oxygens (including phenoxy) is 1. The Morgan fingerprint density at radius 2 is 2.05 bits per heavy atom. The number of hydrogen-bond donors (Lipinski definition) is 2. The third-order valence-corrected chi connectivity index (χ3v) is 8.97. The number of fused-ring (bicyclic) bond motifs is 4. The Morgan fingerprint density at radius 3 is 2.92 bits per heavy atom. The number of nitrogens with one attached hydrogen (secondary N) is 2. The molecule has 3 aromatic rings. The number of nitrogens with zero attached hydrogens (tertiary/aromatic N) is 4. The van der Waals surface area contributed by atoms with Gasteiger partial charge in [0.15, 0.2) is 5.82 Å². The van der Waals surface area contributed by atoms with Gasteiger partial charge < -0.3 is 15.5 Å². The number of thiophene rings is 1. The lowest BCUT2D eigenvalue weighted by Crippen LogP contribution is -2.18. The van der Waals surface area contributed by atoms with E-state index in [0.717, 1.165) is 63.5 Å². The molecule has 2 aliphatic heterocycles. The van der Waals surface area contributed by atoms with Crippen molar-refractivity contribution in [3.63, 3.8) is 0 Å². The number of aromatic nitrogens is 3. The maximum Gasteiger partial charge on any atom is 0.163 e. The monoisotopic (exact) mass is 558 g/mol. The van der Waals surface area contributed by atoms with E-state index in [-0.39, 0.29) is 6.04 Å². The van der Waals surface area contributed by atoms with Crippen molar-refractivity contribution in [3.05, 3.63) is 91.9 Å². The average molecular weight is 559 g/mol.